The van der Waals surface area contributed by atoms with Gasteiger partial charge in [0.25, 0.3) is 0 Å². The van der Waals surface area contributed by atoms with E-state index in [0.717, 1.165) is 22.3 Å². The van der Waals surface area contributed by atoms with Crippen LogP contribution in [0.25, 0.3) is 22.2 Å². The Labute approximate surface area is 193 Å². The first-order chi connectivity index (χ1) is 13.6. The molecule has 0 aliphatic rings. The van der Waals surface area contributed by atoms with E-state index in [1.807, 2.05) is 0 Å². The van der Waals surface area contributed by atoms with Gasteiger partial charge in [-0.15, -0.1) is 34.9 Å². The maximum absolute atomic E-state index is 10.0. The molecule has 0 fully saturated rings. The van der Waals surface area contributed by atoms with Crippen molar-refractivity contribution >= 4 is 16.7 Å². The molecule has 0 saturated heterocycles. The smallest absolute Gasteiger partial charge is 0.155 e. The van der Waals surface area contributed by atoms with Crippen LogP contribution in [0.2, 0.25) is 0 Å². The van der Waals surface area contributed by atoms with Crippen molar-refractivity contribution in [3.05, 3.63) is 76.6 Å². The Bertz CT molecular complexity index is 1040. The summed E-state index contributed by atoms with van der Waals surface area (Å²) in [6.45, 7) is 13.7. The SMILES string of the molecule is CC(=O)/C=C(/C)O.Cc1[c-]c(-c2nc3cccc(C)c3cc2C(C)C)cc(C)c1.[Ir]. The first kappa shape index (κ1) is 25.7. The van der Waals surface area contributed by atoms with E-state index in [1.165, 1.54) is 42.0 Å². The standard InChI is InChI=1S/C21H22N.C5H8O2.Ir/c1-13(2)18-12-19-16(5)7-6-8-20(19)22-21(18)17-10-14(3)9-15(4)11-17;1-4(6)3-5(2)7;/h6-10,12-13H,1-5H3;3,6H,1-2H3;/q-1;;/b;4-3-;. The molecule has 0 unspecified atom stereocenters. The zero-order valence-corrected chi connectivity index (χ0v) is 21.1. The van der Waals surface area contributed by atoms with Gasteiger partial charge in [0.1, 0.15) is 0 Å². The largest absolute Gasteiger partial charge is 0.512 e. The van der Waals surface area contributed by atoms with Crippen LogP contribution >= 0.6 is 0 Å². The predicted molar refractivity (Wildman–Crippen MR) is 121 cm³/mol. The minimum absolute atomic E-state index is 0. The summed E-state index contributed by atoms with van der Waals surface area (Å²) in [7, 11) is 0. The summed E-state index contributed by atoms with van der Waals surface area (Å²) in [5.74, 6) is 0.369. The van der Waals surface area contributed by atoms with Crippen molar-refractivity contribution in [2.75, 3.05) is 0 Å². The minimum atomic E-state index is -0.125. The number of aromatic nitrogens is 1. The summed E-state index contributed by atoms with van der Waals surface area (Å²) < 4.78 is 0. The fourth-order valence-electron chi connectivity index (χ4n) is 3.33. The molecule has 161 valence electrons. The fourth-order valence-corrected chi connectivity index (χ4v) is 3.33. The van der Waals surface area contributed by atoms with Crippen LogP contribution < -0.4 is 0 Å². The van der Waals surface area contributed by atoms with Crippen LogP contribution in [-0.4, -0.2) is 15.9 Å². The number of aliphatic hydroxyl groups is 1. The first-order valence-electron chi connectivity index (χ1n) is 9.87. The number of carbonyl (C=O) groups excluding carboxylic acids is 1. The topological polar surface area (TPSA) is 50.2 Å². The van der Waals surface area contributed by atoms with Crippen LogP contribution in [0.3, 0.4) is 0 Å². The number of hydrogen-bond donors (Lipinski definition) is 1. The Morgan fingerprint density at radius 1 is 1.10 bits per heavy atom. The maximum Gasteiger partial charge on any atom is 0.155 e. The molecule has 3 aromatic rings. The summed E-state index contributed by atoms with van der Waals surface area (Å²) in [4.78, 5) is 15.0. The summed E-state index contributed by atoms with van der Waals surface area (Å²) in [5, 5.41) is 9.61. The van der Waals surface area contributed by atoms with Gasteiger partial charge in [-0.25, -0.2) is 0 Å². The maximum atomic E-state index is 10.0. The van der Waals surface area contributed by atoms with E-state index in [2.05, 4.69) is 77.1 Å². The number of benzene rings is 2. The third-order valence-electron chi connectivity index (χ3n) is 4.54. The van der Waals surface area contributed by atoms with Crippen LogP contribution in [0.5, 0.6) is 0 Å². The van der Waals surface area contributed by atoms with Gasteiger partial charge >= 0.3 is 0 Å². The van der Waals surface area contributed by atoms with Gasteiger partial charge < -0.3 is 5.11 Å². The molecule has 1 aromatic heterocycles. The van der Waals surface area contributed by atoms with E-state index in [9.17, 15) is 4.79 Å². The monoisotopic (exact) mass is 581 g/mol. The van der Waals surface area contributed by atoms with Crippen LogP contribution in [0, 0.1) is 26.8 Å². The van der Waals surface area contributed by atoms with E-state index >= 15 is 0 Å². The number of hydrogen-bond acceptors (Lipinski definition) is 3. The third-order valence-corrected chi connectivity index (χ3v) is 4.54. The van der Waals surface area contributed by atoms with Gasteiger partial charge in [0, 0.05) is 31.6 Å². The second kappa shape index (κ2) is 11.2. The summed E-state index contributed by atoms with van der Waals surface area (Å²) >= 11 is 0. The number of allylic oxidation sites excluding steroid dienone is 2. The van der Waals surface area contributed by atoms with Gasteiger partial charge in [0.05, 0.1) is 11.3 Å². The fraction of sp³-hybridized carbons (Fsp3) is 0.308. The molecule has 0 bridgehead atoms. The molecule has 30 heavy (non-hydrogen) atoms. The Morgan fingerprint density at radius 3 is 2.27 bits per heavy atom. The first-order valence-corrected chi connectivity index (χ1v) is 9.87. The molecule has 0 atom stereocenters. The van der Waals surface area contributed by atoms with Crippen molar-refractivity contribution < 1.29 is 30.0 Å². The van der Waals surface area contributed by atoms with Crippen molar-refractivity contribution in [3.8, 4) is 11.3 Å². The van der Waals surface area contributed by atoms with Crippen molar-refractivity contribution in [1.82, 2.24) is 4.98 Å². The Hall–Kier alpha value is -2.29. The summed E-state index contributed by atoms with van der Waals surface area (Å²) in [5.41, 5.74) is 8.23. The number of carbonyl (C=O) groups is 1. The number of pyridine rings is 1. The van der Waals surface area contributed by atoms with E-state index in [4.69, 9.17) is 10.1 Å². The molecule has 3 nitrogen and oxygen atoms in total. The number of nitrogens with zero attached hydrogens (tertiary/aromatic N) is 1. The van der Waals surface area contributed by atoms with E-state index in [0.29, 0.717) is 5.92 Å². The summed E-state index contributed by atoms with van der Waals surface area (Å²) in [6.07, 6.45) is 1.17. The van der Waals surface area contributed by atoms with E-state index in [-0.39, 0.29) is 31.6 Å². The van der Waals surface area contributed by atoms with Crippen LogP contribution in [0.1, 0.15) is 55.9 Å². The molecule has 0 amide bonds. The molecular weight excluding hydrogens is 551 g/mol. The molecule has 2 aromatic carbocycles. The molecule has 0 aliphatic heterocycles. The van der Waals surface area contributed by atoms with Gasteiger partial charge in [0.2, 0.25) is 0 Å². The van der Waals surface area contributed by atoms with E-state index < -0.39 is 0 Å². The predicted octanol–water partition coefficient (Wildman–Crippen LogP) is 6.79. The zero-order valence-electron chi connectivity index (χ0n) is 18.8. The molecule has 1 N–H and O–H groups in total. The number of aliphatic hydroxyl groups excluding tert-OH is 1. The molecule has 1 heterocycles. The second-order valence-electron chi connectivity index (χ2n) is 7.87. The van der Waals surface area contributed by atoms with Gasteiger partial charge in [0.15, 0.2) is 5.78 Å². The Morgan fingerprint density at radius 2 is 1.77 bits per heavy atom. The zero-order chi connectivity index (χ0) is 21.7. The number of fused-ring (bicyclic) bond motifs is 1. The van der Waals surface area contributed by atoms with Gasteiger partial charge in [-0.1, -0.05) is 51.5 Å². The molecule has 3 rings (SSSR count). The van der Waals surface area contributed by atoms with Crippen molar-refractivity contribution in [3.63, 3.8) is 0 Å². The van der Waals surface area contributed by atoms with Crippen LogP contribution in [-0.2, 0) is 24.9 Å². The summed E-state index contributed by atoms with van der Waals surface area (Å²) in [6, 6.07) is 16.4. The van der Waals surface area contributed by atoms with Crippen LogP contribution in [0.15, 0.2) is 48.2 Å². The van der Waals surface area contributed by atoms with Crippen molar-refractivity contribution in [2.45, 2.75) is 54.4 Å². The quantitative estimate of drug-likeness (QED) is 0.211. The Kier molecular flexibility index (Phi) is 9.61. The van der Waals surface area contributed by atoms with Gasteiger partial charge in [-0.3, -0.25) is 9.78 Å². The van der Waals surface area contributed by atoms with Crippen molar-refractivity contribution in [2.24, 2.45) is 0 Å². The minimum Gasteiger partial charge on any atom is -0.512 e. The average molecular weight is 581 g/mol. The molecular formula is C26H30IrNO2-. The molecule has 0 saturated carbocycles. The number of ketones is 1. The molecule has 0 spiro atoms. The molecule has 0 aliphatic carbocycles. The number of rotatable bonds is 3. The van der Waals surface area contributed by atoms with E-state index in [1.54, 1.807) is 0 Å². The molecule has 1 radical (unpaired) electrons. The second-order valence-corrected chi connectivity index (χ2v) is 7.87. The van der Waals surface area contributed by atoms with Gasteiger partial charge in [-0.2, -0.15) is 0 Å². The Balaban J connectivity index is 0.000000489. The van der Waals surface area contributed by atoms with Gasteiger partial charge in [-0.05, 0) is 44.0 Å². The average Bonchev–Trinajstić information content (AvgIpc) is 2.59. The number of aryl methyl sites for hydroxylation is 3. The molecule has 4 heteroatoms. The normalized spacial score (nSPS) is 11.0. The van der Waals surface area contributed by atoms with Crippen molar-refractivity contribution in [1.29, 1.82) is 0 Å². The van der Waals surface area contributed by atoms with Crippen LogP contribution in [0.4, 0.5) is 0 Å². The third kappa shape index (κ3) is 6.90.